The number of anilines is 1. The molecule has 3 aliphatic rings. The smallest absolute Gasteiger partial charge is 0.312 e. The lowest BCUT2D eigenvalue weighted by atomic mass is 9.70. The van der Waals surface area contributed by atoms with Crippen LogP contribution < -0.4 is 5.32 Å². The minimum Gasteiger partial charge on any atom is -0.466 e. The monoisotopic (exact) mass is 430 g/mol. The molecule has 1 aromatic rings. The van der Waals surface area contributed by atoms with Gasteiger partial charge >= 0.3 is 5.97 Å². The molecule has 3 aliphatic heterocycles. The molecule has 0 aliphatic carbocycles. The number of para-hydroxylation sites is 1. The van der Waals surface area contributed by atoms with Gasteiger partial charge in [-0.1, -0.05) is 18.2 Å². The van der Waals surface area contributed by atoms with E-state index >= 15 is 0 Å². The number of nitrogens with zero attached hydrogens (tertiary/aromatic N) is 1. The number of carbonyl (C=O) groups is 3. The Hall–Kier alpha value is -2.45. The van der Waals surface area contributed by atoms with Crippen molar-refractivity contribution >= 4 is 23.5 Å². The first kappa shape index (κ1) is 21.8. The maximum atomic E-state index is 13.6. The van der Waals surface area contributed by atoms with Crippen molar-refractivity contribution in [2.45, 2.75) is 64.3 Å². The predicted molar refractivity (Wildman–Crippen MR) is 112 cm³/mol. The zero-order chi connectivity index (χ0) is 22.5. The quantitative estimate of drug-likeness (QED) is 0.664. The summed E-state index contributed by atoms with van der Waals surface area (Å²) in [5, 5.41) is 12.8. The highest BCUT2D eigenvalue weighted by Crippen LogP contribution is 2.59. The number of amides is 2. The second kappa shape index (κ2) is 7.91. The summed E-state index contributed by atoms with van der Waals surface area (Å²) in [7, 11) is 0. The van der Waals surface area contributed by atoms with Crippen LogP contribution in [-0.2, 0) is 23.9 Å². The molecule has 0 saturated carbocycles. The van der Waals surface area contributed by atoms with Crippen LogP contribution in [-0.4, -0.2) is 64.8 Å². The van der Waals surface area contributed by atoms with Gasteiger partial charge < -0.3 is 24.8 Å². The second-order valence-electron chi connectivity index (χ2n) is 8.84. The molecule has 1 aromatic carbocycles. The third kappa shape index (κ3) is 3.15. The van der Waals surface area contributed by atoms with E-state index < -0.39 is 41.6 Å². The number of esters is 1. The summed E-state index contributed by atoms with van der Waals surface area (Å²) in [6, 6.07) is 4.21. The number of rotatable bonds is 6. The molecular formula is C23H30N2O6. The molecule has 1 spiro atoms. The Balaban J connectivity index is 1.74. The normalized spacial score (nSPS) is 32.2. The maximum absolute atomic E-state index is 13.6. The zero-order valence-corrected chi connectivity index (χ0v) is 18.4. The van der Waals surface area contributed by atoms with E-state index in [1.165, 1.54) is 4.90 Å². The number of carbonyl (C=O) groups excluding carboxylic acids is 3. The van der Waals surface area contributed by atoms with E-state index in [1.54, 1.807) is 13.8 Å². The number of aliphatic hydroxyl groups excluding tert-OH is 1. The SMILES string of the molecule is CCOC(=O)[C@@H]1[C@H]2C(=O)N([C@H](C)CO)C(C(=O)Nc3c(C)cccc3C)C23CC[C@H]1O3. The molecule has 2 N–H and O–H groups in total. The molecule has 3 saturated heterocycles. The van der Waals surface area contributed by atoms with E-state index in [-0.39, 0.29) is 25.0 Å². The number of nitrogens with one attached hydrogen (secondary N) is 1. The molecule has 8 nitrogen and oxygen atoms in total. The van der Waals surface area contributed by atoms with Crippen LogP contribution in [0.4, 0.5) is 5.69 Å². The van der Waals surface area contributed by atoms with Crippen LogP contribution >= 0.6 is 0 Å². The molecule has 2 bridgehead atoms. The summed E-state index contributed by atoms with van der Waals surface area (Å²) < 4.78 is 11.5. The molecule has 31 heavy (non-hydrogen) atoms. The van der Waals surface area contributed by atoms with E-state index in [9.17, 15) is 19.5 Å². The van der Waals surface area contributed by atoms with Crippen LogP contribution in [0.2, 0.25) is 0 Å². The van der Waals surface area contributed by atoms with Crippen molar-refractivity contribution < 1.29 is 29.0 Å². The Kier molecular flexibility index (Phi) is 5.55. The molecule has 0 aromatic heterocycles. The van der Waals surface area contributed by atoms with Crippen LogP contribution in [0.15, 0.2) is 18.2 Å². The number of hydrogen-bond donors (Lipinski definition) is 2. The van der Waals surface area contributed by atoms with Crippen molar-refractivity contribution in [1.29, 1.82) is 0 Å². The average Bonchev–Trinajstić information content (AvgIpc) is 3.37. The van der Waals surface area contributed by atoms with Gasteiger partial charge in [0.05, 0.1) is 37.2 Å². The standard InChI is InChI=1S/C23H30N2O6/c1-5-30-22(29)16-15-9-10-23(31-15)17(16)21(28)25(14(4)11-26)19(23)20(27)24-18-12(2)7-6-8-13(18)3/h6-8,14-17,19,26H,5,9-11H2,1-4H3,(H,24,27)/t14-,15-,16+,17+,19?,23?/m1/s1. The summed E-state index contributed by atoms with van der Waals surface area (Å²) in [6.45, 7) is 7.15. The topological polar surface area (TPSA) is 105 Å². The van der Waals surface area contributed by atoms with Gasteiger partial charge in [0, 0.05) is 5.69 Å². The zero-order valence-electron chi connectivity index (χ0n) is 18.4. The highest BCUT2D eigenvalue weighted by Gasteiger charge is 2.75. The van der Waals surface area contributed by atoms with Crippen LogP contribution in [0.25, 0.3) is 0 Å². The average molecular weight is 431 g/mol. The summed E-state index contributed by atoms with van der Waals surface area (Å²) in [5.41, 5.74) is 1.43. The van der Waals surface area contributed by atoms with Crippen LogP contribution in [0.1, 0.15) is 37.8 Å². The molecule has 0 radical (unpaired) electrons. The Morgan fingerprint density at radius 3 is 2.65 bits per heavy atom. The van der Waals surface area contributed by atoms with Gasteiger partial charge in [-0.3, -0.25) is 14.4 Å². The van der Waals surface area contributed by atoms with E-state index in [1.807, 2.05) is 32.0 Å². The lowest BCUT2D eigenvalue weighted by Crippen LogP contribution is -2.55. The number of hydrogen-bond acceptors (Lipinski definition) is 6. The minimum atomic E-state index is -1.09. The molecular weight excluding hydrogens is 400 g/mol. The van der Waals surface area contributed by atoms with Crippen molar-refractivity contribution in [2.75, 3.05) is 18.5 Å². The largest absolute Gasteiger partial charge is 0.466 e. The van der Waals surface area contributed by atoms with Gasteiger partial charge in [-0.2, -0.15) is 0 Å². The van der Waals surface area contributed by atoms with Crippen molar-refractivity contribution in [2.24, 2.45) is 11.8 Å². The lowest BCUT2D eigenvalue weighted by Gasteiger charge is -2.35. The van der Waals surface area contributed by atoms with Crippen LogP contribution in [0, 0.1) is 25.7 Å². The number of ether oxygens (including phenoxy) is 2. The summed E-state index contributed by atoms with van der Waals surface area (Å²) in [6.07, 6.45) is 0.653. The molecule has 8 heteroatoms. The molecule has 168 valence electrons. The van der Waals surface area contributed by atoms with Gasteiger partial charge in [-0.05, 0) is 51.7 Å². The first-order valence-corrected chi connectivity index (χ1v) is 10.9. The maximum Gasteiger partial charge on any atom is 0.312 e. The van der Waals surface area contributed by atoms with Gasteiger partial charge in [0.1, 0.15) is 11.6 Å². The predicted octanol–water partition coefficient (Wildman–Crippen LogP) is 1.56. The van der Waals surface area contributed by atoms with Gasteiger partial charge in [0.25, 0.3) is 0 Å². The first-order valence-electron chi connectivity index (χ1n) is 10.9. The number of aryl methyl sites for hydroxylation is 2. The summed E-state index contributed by atoms with van der Waals surface area (Å²) >= 11 is 0. The summed E-state index contributed by atoms with van der Waals surface area (Å²) in [4.78, 5) is 41.3. The van der Waals surface area contributed by atoms with Gasteiger partial charge in [0.15, 0.2) is 0 Å². The summed E-state index contributed by atoms with van der Waals surface area (Å²) in [5.74, 6) is -2.66. The van der Waals surface area contributed by atoms with Crippen molar-refractivity contribution in [1.82, 2.24) is 4.90 Å². The Morgan fingerprint density at radius 1 is 1.35 bits per heavy atom. The van der Waals surface area contributed by atoms with Crippen LogP contribution in [0.5, 0.6) is 0 Å². The Labute approximate surface area is 181 Å². The van der Waals surface area contributed by atoms with Crippen molar-refractivity contribution in [3.63, 3.8) is 0 Å². The number of likely N-dealkylation sites (tertiary alicyclic amines) is 1. The fraction of sp³-hybridized carbons (Fsp3) is 0.609. The van der Waals surface area contributed by atoms with Gasteiger partial charge in [0.2, 0.25) is 11.8 Å². The Morgan fingerprint density at radius 2 is 2.03 bits per heavy atom. The van der Waals surface area contributed by atoms with Gasteiger partial charge in [-0.25, -0.2) is 0 Å². The second-order valence-corrected chi connectivity index (χ2v) is 8.84. The molecule has 6 atom stereocenters. The third-order valence-corrected chi connectivity index (χ3v) is 7.01. The van der Waals surface area contributed by atoms with E-state index in [2.05, 4.69) is 5.32 Å². The molecule has 3 heterocycles. The third-order valence-electron chi connectivity index (χ3n) is 7.01. The molecule has 3 fully saturated rings. The lowest BCUT2D eigenvalue weighted by molar-refractivity contribution is -0.155. The fourth-order valence-corrected chi connectivity index (χ4v) is 5.66. The van der Waals surface area contributed by atoms with Gasteiger partial charge in [-0.15, -0.1) is 0 Å². The minimum absolute atomic E-state index is 0.212. The fourth-order valence-electron chi connectivity index (χ4n) is 5.66. The number of fused-ring (bicyclic) bond motifs is 1. The van der Waals surface area contributed by atoms with Crippen molar-refractivity contribution in [3.05, 3.63) is 29.3 Å². The number of aliphatic hydroxyl groups is 1. The molecule has 2 amide bonds. The highest BCUT2D eigenvalue weighted by molar-refractivity contribution is 6.04. The first-order chi connectivity index (χ1) is 14.8. The highest BCUT2D eigenvalue weighted by atomic mass is 16.6. The number of benzene rings is 1. The van der Waals surface area contributed by atoms with Crippen LogP contribution in [0.3, 0.4) is 0 Å². The molecule has 2 unspecified atom stereocenters. The van der Waals surface area contributed by atoms with E-state index in [4.69, 9.17) is 9.47 Å². The van der Waals surface area contributed by atoms with Crippen molar-refractivity contribution in [3.8, 4) is 0 Å². The Bertz CT molecular complexity index is 897. The van der Waals surface area contributed by atoms with E-state index in [0.717, 1.165) is 11.1 Å². The van der Waals surface area contributed by atoms with E-state index in [0.29, 0.717) is 18.5 Å². The molecule has 4 rings (SSSR count).